The van der Waals surface area contributed by atoms with Crippen LogP contribution in [0.5, 0.6) is 0 Å². The van der Waals surface area contributed by atoms with E-state index in [1.807, 2.05) is 0 Å². The van der Waals surface area contributed by atoms with Gasteiger partial charge in [0.25, 0.3) is 0 Å². The molecule has 18 heavy (non-hydrogen) atoms. The monoisotopic (exact) mass is 270 g/mol. The number of sulfonamides is 1. The van der Waals surface area contributed by atoms with Gasteiger partial charge in [0, 0.05) is 37.7 Å². The molecule has 6 nitrogen and oxygen atoms in total. The van der Waals surface area contributed by atoms with Gasteiger partial charge in [-0.25, -0.2) is 8.42 Å². The Kier molecular flexibility index (Phi) is 3.94. The number of hydrogen-bond donors (Lipinski definition) is 1. The molecular weight excluding hydrogens is 252 g/mol. The van der Waals surface area contributed by atoms with Gasteiger partial charge in [-0.3, -0.25) is 9.97 Å². The van der Waals surface area contributed by atoms with Gasteiger partial charge in [0.2, 0.25) is 10.0 Å². The fourth-order valence-corrected chi connectivity index (χ4v) is 3.76. The number of rotatable bonds is 3. The quantitative estimate of drug-likeness (QED) is 0.852. The Labute approximate surface area is 107 Å². The zero-order valence-electron chi connectivity index (χ0n) is 10.4. The molecule has 1 aliphatic rings. The van der Waals surface area contributed by atoms with E-state index >= 15 is 0 Å². The highest BCUT2D eigenvalue weighted by Gasteiger charge is 2.33. The lowest BCUT2D eigenvalue weighted by Crippen LogP contribution is -2.46. The summed E-state index contributed by atoms with van der Waals surface area (Å²) in [5.74, 6) is 0. The van der Waals surface area contributed by atoms with Gasteiger partial charge >= 0.3 is 0 Å². The standard InChI is InChI=1S/C11H18N4O2S/c1-9(11-7-13-4-5-14-11)18(16,17)15-6-2-3-10(12)8-15/h4-5,7,9-10H,2-3,6,8,12H2,1H3/t9-,10-/m1/s1. The van der Waals surface area contributed by atoms with Crippen molar-refractivity contribution in [3.05, 3.63) is 24.3 Å². The average molecular weight is 270 g/mol. The van der Waals surface area contributed by atoms with Gasteiger partial charge in [0.15, 0.2) is 0 Å². The molecule has 1 aromatic heterocycles. The van der Waals surface area contributed by atoms with E-state index in [9.17, 15) is 8.42 Å². The molecule has 1 saturated heterocycles. The second-order valence-corrected chi connectivity index (χ2v) is 6.83. The summed E-state index contributed by atoms with van der Waals surface area (Å²) in [5.41, 5.74) is 6.30. The number of nitrogens with two attached hydrogens (primary N) is 1. The first-order chi connectivity index (χ1) is 8.51. The summed E-state index contributed by atoms with van der Waals surface area (Å²) < 4.78 is 26.3. The summed E-state index contributed by atoms with van der Waals surface area (Å²) in [6.07, 6.45) is 6.22. The van der Waals surface area contributed by atoms with E-state index < -0.39 is 15.3 Å². The molecule has 100 valence electrons. The Morgan fingerprint density at radius 3 is 2.89 bits per heavy atom. The molecule has 2 heterocycles. The zero-order chi connectivity index (χ0) is 13.2. The summed E-state index contributed by atoms with van der Waals surface area (Å²) in [6.45, 7) is 2.58. The highest BCUT2D eigenvalue weighted by atomic mass is 32.2. The molecule has 1 fully saturated rings. The smallest absolute Gasteiger partial charge is 0.222 e. The van der Waals surface area contributed by atoms with Crippen LogP contribution >= 0.6 is 0 Å². The van der Waals surface area contributed by atoms with Gasteiger partial charge in [0.1, 0.15) is 5.25 Å². The summed E-state index contributed by atoms with van der Waals surface area (Å²) in [5, 5.41) is -0.684. The first-order valence-corrected chi connectivity index (χ1v) is 7.52. The Morgan fingerprint density at radius 2 is 2.28 bits per heavy atom. The van der Waals surface area contributed by atoms with E-state index in [2.05, 4.69) is 9.97 Å². The minimum atomic E-state index is -3.40. The van der Waals surface area contributed by atoms with Crippen LogP contribution in [0.15, 0.2) is 18.6 Å². The highest BCUT2D eigenvalue weighted by Crippen LogP contribution is 2.25. The Balaban J connectivity index is 2.20. The largest absolute Gasteiger partial charge is 0.327 e. The molecule has 0 bridgehead atoms. The molecule has 0 aliphatic carbocycles. The van der Waals surface area contributed by atoms with Crippen molar-refractivity contribution in [1.29, 1.82) is 0 Å². The Hall–Kier alpha value is -1.05. The Bertz CT molecular complexity index is 491. The molecule has 1 aromatic rings. The SMILES string of the molecule is C[C@H](c1cnccn1)S(=O)(=O)N1CCC[C@@H](N)C1. The van der Waals surface area contributed by atoms with Crippen molar-refractivity contribution < 1.29 is 8.42 Å². The summed E-state index contributed by atoms with van der Waals surface area (Å²) in [4.78, 5) is 7.97. The maximum atomic E-state index is 12.4. The summed E-state index contributed by atoms with van der Waals surface area (Å²) in [7, 11) is -3.40. The molecule has 2 N–H and O–H groups in total. The van der Waals surface area contributed by atoms with Crippen LogP contribution < -0.4 is 5.73 Å². The van der Waals surface area contributed by atoms with Gasteiger partial charge in [-0.1, -0.05) is 0 Å². The number of nitrogens with zero attached hydrogens (tertiary/aromatic N) is 3. The minimum Gasteiger partial charge on any atom is -0.327 e. The lowest BCUT2D eigenvalue weighted by Gasteiger charge is -2.31. The van der Waals surface area contributed by atoms with Crippen LogP contribution in [0, 0.1) is 0 Å². The molecule has 7 heteroatoms. The molecule has 2 rings (SSSR count). The Morgan fingerprint density at radius 1 is 1.50 bits per heavy atom. The fourth-order valence-electron chi connectivity index (χ4n) is 2.10. The lowest BCUT2D eigenvalue weighted by molar-refractivity contribution is 0.313. The van der Waals surface area contributed by atoms with Crippen LogP contribution in [-0.4, -0.2) is 41.8 Å². The van der Waals surface area contributed by atoms with Gasteiger partial charge in [-0.2, -0.15) is 4.31 Å². The number of piperidine rings is 1. The van der Waals surface area contributed by atoms with Crippen LogP contribution in [-0.2, 0) is 10.0 Å². The first kappa shape index (κ1) is 13.4. The molecule has 0 amide bonds. The maximum absolute atomic E-state index is 12.4. The first-order valence-electron chi connectivity index (χ1n) is 6.02. The summed E-state index contributed by atoms with van der Waals surface area (Å²) in [6, 6.07) is -0.0671. The third kappa shape index (κ3) is 2.68. The lowest BCUT2D eigenvalue weighted by atomic mass is 10.1. The van der Waals surface area contributed by atoms with E-state index in [1.165, 1.54) is 22.9 Å². The third-order valence-corrected chi connectivity index (χ3v) is 5.41. The average Bonchev–Trinajstić information content (AvgIpc) is 2.39. The topological polar surface area (TPSA) is 89.2 Å². The van der Waals surface area contributed by atoms with Crippen LogP contribution in [0.3, 0.4) is 0 Å². The zero-order valence-corrected chi connectivity index (χ0v) is 11.2. The molecular formula is C11H18N4O2S. The maximum Gasteiger partial charge on any atom is 0.222 e. The molecule has 0 unspecified atom stereocenters. The second-order valence-electron chi connectivity index (χ2n) is 4.58. The normalized spacial score (nSPS) is 23.8. The molecule has 2 atom stereocenters. The van der Waals surface area contributed by atoms with Gasteiger partial charge in [-0.05, 0) is 19.8 Å². The van der Waals surface area contributed by atoms with Crippen molar-refractivity contribution >= 4 is 10.0 Å². The second kappa shape index (κ2) is 5.29. The van der Waals surface area contributed by atoms with E-state index in [0.29, 0.717) is 18.8 Å². The predicted octanol–water partition coefficient (Wildman–Crippen LogP) is 0.291. The van der Waals surface area contributed by atoms with E-state index in [-0.39, 0.29) is 6.04 Å². The molecule has 0 radical (unpaired) electrons. The fraction of sp³-hybridized carbons (Fsp3) is 0.636. The van der Waals surface area contributed by atoms with Crippen molar-refractivity contribution in [3.8, 4) is 0 Å². The van der Waals surface area contributed by atoms with Crippen molar-refractivity contribution in [2.75, 3.05) is 13.1 Å². The molecule has 0 saturated carbocycles. The molecule has 0 aromatic carbocycles. The van der Waals surface area contributed by atoms with Crippen LogP contribution in [0.1, 0.15) is 30.7 Å². The molecule has 0 spiro atoms. The minimum absolute atomic E-state index is 0.0671. The van der Waals surface area contributed by atoms with Gasteiger partial charge < -0.3 is 5.73 Å². The van der Waals surface area contributed by atoms with E-state index in [1.54, 1.807) is 6.92 Å². The van der Waals surface area contributed by atoms with Gasteiger partial charge in [0.05, 0.1) is 5.69 Å². The van der Waals surface area contributed by atoms with Gasteiger partial charge in [-0.15, -0.1) is 0 Å². The van der Waals surface area contributed by atoms with Crippen LogP contribution in [0.25, 0.3) is 0 Å². The summed E-state index contributed by atoms with van der Waals surface area (Å²) >= 11 is 0. The van der Waals surface area contributed by atoms with E-state index in [0.717, 1.165) is 12.8 Å². The highest BCUT2D eigenvalue weighted by molar-refractivity contribution is 7.89. The van der Waals surface area contributed by atoms with Crippen molar-refractivity contribution in [2.45, 2.75) is 31.1 Å². The van der Waals surface area contributed by atoms with E-state index in [4.69, 9.17) is 5.73 Å². The molecule has 1 aliphatic heterocycles. The third-order valence-electron chi connectivity index (χ3n) is 3.23. The predicted molar refractivity (Wildman–Crippen MR) is 68.1 cm³/mol. The van der Waals surface area contributed by atoms with Crippen LogP contribution in [0.2, 0.25) is 0 Å². The number of aromatic nitrogens is 2. The van der Waals surface area contributed by atoms with Crippen LogP contribution in [0.4, 0.5) is 0 Å². The number of hydrogen-bond acceptors (Lipinski definition) is 5. The van der Waals surface area contributed by atoms with Crippen molar-refractivity contribution in [1.82, 2.24) is 14.3 Å². The van der Waals surface area contributed by atoms with Crippen molar-refractivity contribution in [3.63, 3.8) is 0 Å². The van der Waals surface area contributed by atoms with Crippen molar-refractivity contribution in [2.24, 2.45) is 5.73 Å².